The van der Waals surface area contributed by atoms with E-state index in [2.05, 4.69) is 9.44 Å². The van der Waals surface area contributed by atoms with Crippen molar-refractivity contribution >= 4 is 26.0 Å². The van der Waals surface area contributed by atoms with E-state index in [0.717, 1.165) is 30.7 Å². The van der Waals surface area contributed by atoms with E-state index in [0.29, 0.717) is 10.3 Å². The van der Waals surface area contributed by atoms with Crippen LogP contribution in [0.1, 0.15) is 6.42 Å². The molecule has 0 unspecified atom stereocenters. The molecule has 0 saturated heterocycles. The average Bonchev–Trinajstić information content (AvgIpc) is 2.82. The highest BCUT2D eigenvalue weighted by molar-refractivity contribution is 7.89. The van der Waals surface area contributed by atoms with Crippen molar-refractivity contribution in [3.63, 3.8) is 0 Å². The molecule has 27 heavy (non-hydrogen) atoms. The Kier molecular flexibility index (Phi) is 8.02. The third kappa shape index (κ3) is 9.79. The summed E-state index contributed by atoms with van der Waals surface area (Å²) in [6.45, 7) is -0.0393. The Morgan fingerprint density at radius 2 is 1.67 bits per heavy atom. The van der Waals surface area contributed by atoms with Gasteiger partial charge in [-0.15, -0.1) is 4.73 Å². The average molecular weight is 423 g/mol. The van der Waals surface area contributed by atoms with Gasteiger partial charge in [0.05, 0.1) is 12.5 Å². The molecule has 0 radical (unpaired) electrons. The Morgan fingerprint density at radius 1 is 1.11 bits per heavy atom. The first-order chi connectivity index (χ1) is 12.4. The van der Waals surface area contributed by atoms with Crippen LogP contribution in [0.3, 0.4) is 0 Å². The summed E-state index contributed by atoms with van der Waals surface area (Å²) in [6, 6.07) is 2.24. The van der Waals surface area contributed by atoms with Crippen LogP contribution in [0.5, 0.6) is 11.8 Å². The fourth-order valence-electron chi connectivity index (χ4n) is 1.73. The van der Waals surface area contributed by atoms with Crippen LogP contribution in [0.25, 0.3) is 0 Å². The van der Waals surface area contributed by atoms with Crippen molar-refractivity contribution in [2.45, 2.75) is 6.42 Å². The van der Waals surface area contributed by atoms with Crippen LogP contribution in [-0.2, 0) is 24.8 Å². The summed E-state index contributed by atoms with van der Waals surface area (Å²) in [7, 11) is -6.85. The molecule has 0 aliphatic carbocycles. The van der Waals surface area contributed by atoms with E-state index in [1.54, 1.807) is 0 Å². The molecular weight excluding hydrogens is 402 g/mol. The normalized spacial score (nSPS) is 13.2. The smallest absolute Gasteiger partial charge is 0.356 e. The lowest BCUT2D eigenvalue weighted by molar-refractivity contribution is -0.139. The lowest BCUT2D eigenvalue weighted by atomic mass is 10.2. The summed E-state index contributed by atoms with van der Waals surface area (Å²) in [6.07, 6.45) is 5.81. The number of allylic oxidation sites excluding steroid dienone is 2. The van der Waals surface area contributed by atoms with Crippen LogP contribution in [-0.4, -0.2) is 63.3 Å². The first-order valence-electron chi connectivity index (χ1n) is 7.45. The molecule has 0 atom stereocenters. The highest BCUT2D eigenvalue weighted by atomic mass is 32.2. The van der Waals surface area contributed by atoms with Crippen molar-refractivity contribution in [1.29, 1.82) is 0 Å². The Bertz CT molecular complexity index is 910. The maximum absolute atomic E-state index is 11.7. The Hall–Kier alpha value is -2.35. The van der Waals surface area contributed by atoms with Gasteiger partial charge in [-0.1, -0.05) is 17.7 Å². The van der Waals surface area contributed by atoms with Gasteiger partial charge in [0.25, 0.3) is 0 Å². The van der Waals surface area contributed by atoms with Crippen molar-refractivity contribution in [2.75, 3.05) is 25.6 Å². The van der Waals surface area contributed by atoms with Gasteiger partial charge in [-0.3, -0.25) is 0 Å². The number of rotatable bonds is 10. The molecule has 0 bridgehead atoms. The molecule has 0 aliphatic heterocycles. The third-order valence-electron chi connectivity index (χ3n) is 2.91. The molecule has 152 valence electrons. The second-order valence-electron chi connectivity index (χ2n) is 5.45. The molecule has 0 spiro atoms. The molecule has 0 fully saturated rings. The maximum atomic E-state index is 11.7. The van der Waals surface area contributed by atoms with E-state index in [9.17, 15) is 31.8 Å². The molecule has 0 aromatic carbocycles. The SMILES string of the molecule is CS(=O)(=O)NCCC(=CC=CC(=O)On1c(O)ccc1O)CNS(C)(=O)=O. The zero-order valence-corrected chi connectivity index (χ0v) is 16.2. The highest BCUT2D eigenvalue weighted by Crippen LogP contribution is 2.18. The summed E-state index contributed by atoms with van der Waals surface area (Å²) in [5.74, 6) is -1.87. The van der Waals surface area contributed by atoms with Gasteiger partial charge in [0, 0.05) is 31.3 Å². The number of sulfonamides is 2. The van der Waals surface area contributed by atoms with Gasteiger partial charge in [0.15, 0.2) is 0 Å². The van der Waals surface area contributed by atoms with E-state index in [1.807, 2.05) is 0 Å². The predicted octanol–water partition coefficient (Wildman–Crippen LogP) is -1.17. The van der Waals surface area contributed by atoms with E-state index in [-0.39, 0.29) is 19.5 Å². The lowest BCUT2D eigenvalue weighted by Crippen LogP contribution is -2.27. The van der Waals surface area contributed by atoms with Gasteiger partial charge in [0.1, 0.15) is 0 Å². The van der Waals surface area contributed by atoms with Crippen LogP contribution >= 0.6 is 0 Å². The van der Waals surface area contributed by atoms with Crippen molar-refractivity contribution < 1.29 is 36.7 Å². The summed E-state index contributed by atoms with van der Waals surface area (Å²) >= 11 is 0. The number of nitrogens with one attached hydrogen (secondary N) is 2. The number of aromatic hydroxyl groups is 2. The molecular formula is C14H21N3O8S2. The topological polar surface area (TPSA) is 164 Å². The highest BCUT2D eigenvalue weighted by Gasteiger charge is 2.10. The van der Waals surface area contributed by atoms with Crippen LogP contribution in [0.4, 0.5) is 0 Å². The molecule has 1 heterocycles. The minimum absolute atomic E-state index is 0.0412. The zero-order chi connectivity index (χ0) is 20.7. The fraction of sp³-hybridized carbons (Fsp3) is 0.357. The number of nitrogens with zero attached hydrogens (tertiary/aromatic N) is 1. The number of carbonyl (C=O) groups excluding carboxylic acids is 1. The molecule has 1 aromatic heterocycles. The van der Waals surface area contributed by atoms with E-state index in [1.165, 1.54) is 12.2 Å². The zero-order valence-electron chi connectivity index (χ0n) is 14.6. The fourth-order valence-corrected chi connectivity index (χ4v) is 2.65. The summed E-state index contributed by atoms with van der Waals surface area (Å²) in [4.78, 5) is 16.4. The molecule has 0 saturated carbocycles. The van der Waals surface area contributed by atoms with Gasteiger partial charge in [-0.2, -0.15) is 0 Å². The van der Waals surface area contributed by atoms with Gasteiger partial charge >= 0.3 is 5.97 Å². The maximum Gasteiger partial charge on any atom is 0.356 e. The quantitative estimate of drug-likeness (QED) is 0.270. The van der Waals surface area contributed by atoms with E-state index in [4.69, 9.17) is 4.84 Å². The van der Waals surface area contributed by atoms with Crippen molar-refractivity contribution in [1.82, 2.24) is 14.2 Å². The van der Waals surface area contributed by atoms with Gasteiger partial charge in [0.2, 0.25) is 31.8 Å². The Labute approximate surface area is 157 Å². The van der Waals surface area contributed by atoms with Gasteiger partial charge in [-0.25, -0.2) is 31.1 Å². The van der Waals surface area contributed by atoms with E-state index < -0.39 is 37.8 Å². The first-order valence-corrected chi connectivity index (χ1v) is 11.2. The monoisotopic (exact) mass is 423 g/mol. The van der Waals surface area contributed by atoms with Gasteiger partial charge < -0.3 is 15.1 Å². The third-order valence-corrected chi connectivity index (χ3v) is 4.31. The van der Waals surface area contributed by atoms with Crippen LogP contribution in [0, 0.1) is 0 Å². The summed E-state index contributed by atoms with van der Waals surface area (Å²) < 4.78 is 49.6. The molecule has 1 rings (SSSR count). The second-order valence-corrected chi connectivity index (χ2v) is 9.11. The Morgan fingerprint density at radius 3 is 2.19 bits per heavy atom. The number of aromatic nitrogens is 1. The molecule has 0 amide bonds. The molecule has 11 nitrogen and oxygen atoms in total. The van der Waals surface area contributed by atoms with Crippen LogP contribution in [0.15, 0.2) is 35.9 Å². The summed E-state index contributed by atoms with van der Waals surface area (Å²) in [5.41, 5.74) is 0.493. The number of hydrogen-bond acceptors (Lipinski definition) is 8. The van der Waals surface area contributed by atoms with Crippen LogP contribution < -0.4 is 14.3 Å². The van der Waals surface area contributed by atoms with Crippen LogP contribution in [0.2, 0.25) is 0 Å². The number of carbonyl (C=O) groups is 1. The van der Waals surface area contributed by atoms with Crippen molar-refractivity contribution in [2.24, 2.45) is 0 Å². The molecule has 4 N–H and O–H groups in total. The molecule has 0 aliphatic rings. The first kappa shape index (κ1) is 22.7. The van der Waals surface area contributed by atoms with Crippen molar-refractivity contribution in [3.05, 3.63) is 35.9 Å². The molecule has 1 aromatic rings. The minimum Gasteiger partial charge on any atom is -0.492 e. The van der Waals surface area contributed by atoms with Gasteiger partial charge in [-0.05, 0) is 6.42 Å². The predicted molar refractivity (Wildman–Crippen MR) is 96.9 cm³/mol. The standard InChI is InChI=1S/C14H21N3O8S2/c1-26(21,22)15-9-8-11(10-16-27(2,23)24)4-3-5-14(20)25-17-12(18)6-7-13(17)19/h3-7,15-16,18-19H,8-10H2,1-2H3. The van der Waals surface area contributed by atoms with E-state index >= 15 is 0 Å². The minimum atomic E-state index is -3.46. The molecule has 13 heteroatoms. The Balaban J connectivity index is 2.75. The van der Waals surface area contributed by atoms with Crippen molar-refractivity contribution in [3.8, 4) is 11.8 Å². The lowest BCUT2D eigenvalue weighted by Gasteiger charge is -2.08. The number of hydrogen-bond donors (Lipinski definition) is 4. The second kappa shape index (κ2) is 9.55. The largest absolute Gasteiger partial charge is 0.492 e. The summed E-state index contributed by atoms with van der Waals surface area (Å²) in [5, 5.41) is 18.7.